The van der Waals surface area contributed by atoms with Gasteiger partial charge < -0.3 is 10.1 Å². The second kappa shape index (κ2) is 3.62. The van der Waals surface area contributed by atoms with Crippen LogP contribution in [0.3, 0.4) is 0 Å². The molecule has 1 heterocycles. The van der Waals surface area contributed by atoms with Crippen molar-refractivity contribution in [1.29, 1.82) is 0 Å². The summed E-state index contributed by atoms with van der Waals surface area (Å²) in [5.41, 5.74) is 2.69. The zero-order valence-corrected chi connectivity index (χ0v) is 9.00. The number of rotatable bonds is 3. The summed E-state index contributed by atoms with van der Waals surface area (Å²) in [6.45, 7) is 5.51. The van der Waals surface area contributed by atoms with Crippen LogP contribution >= 0.6 is 0 Å². The number of methoxy groups -OCH3 is 1. The van der Waals surface area contributed by atoms with Gasteiger partial charge in [-0.1, -0.05) is 26.0 Å². The number of ether oxygens (including phenoxy) is 1. The Morgan fingerprint density at radius 2 is 2.14 bits per heavy atom. The van der Waals surface area contributed by atoms with Gasteiger partial charge in [0, 0.05) is 12.6 Å². The minimum Gasteiger partial charge on any atom is -0.496 e. The first kappa shape index (κ1) is 9.53. The van der Waals surface area contributed by atoms with E-state index in [9.17, 15) is 0 Å². The molecule has 1 unspecified atom stereocenters. The van der Waals surface area contributed by atoms with Crippen LogP contribution in [0.1, 0.15) is 36.9 Å². The molecule has 1 fully saturated rings. The number of nitrogens with one attached hydrogen (secondary N) is 1. The monoisotopic (exact) mass is 191 g/mol. The van der Waals surface area contributed by atoms with E-state index in [0.29, 0.717) is 12.0 Å². The number of hydrogen-bond acceptors (Lipinski definition) is 2. The van der Waals surface area contributed by atoms with Crippen molar-refractivity contribution in [3.05, 3.63) is 29.3 Å². The molecule has 1 aromatic rings. The van der Waals surface area contributed by atoms with E-state index in [-0.39, 0.29) is 0 Å². The number of benzene rings is 1. The van der Waals surface area contributed by atoms with Crippen molar-refractivity contribution in [2.75, 3.05) is 13.7 Å². The molecule has 1 saturated heterocycles. The maximum atomic E-state index is 5.34. The zero-order valence-electron chi connectivity index (χ0n) is 9.00. The summed E-state index contributed by atoms with van der Waals surface area (Å²) < 4.78 is 5.34. The molecule has 0 amide bonds. The van der Waals surface area contributed by atoms with Gasteiger partial charge in [0.2, 0.25) is 0 Å². The molecule has 1 aliphatic rings. The van der Waals surface area contributed by atoms with Crippen molar-refractivity contribution in [3.63, 3.8) is 0 Å². The molecule has 0 spiro atoms. The Hall–Kier alpha value is -1.02. The molecule has 2 rings (SSSR count). The Kier molecular flexibility index (Phi) is 2.46. The third-order valence-corrected chi connectivity index (χ3v) is 2.69. The normalized spacial score (nSPS) is 19.9. The summed E-state index contributed by atoms with van der Waals surface area (Å²) in [6, 6.07) is 7.06. The summed E-state index contributed by atoms with van der Waals surface area (Å²) in [4.78, 5) is 0. The van der Waals surface area contributed by atoms with Crippen molar-refractivity contribution in [2.24, 2.45) is 0 Å². The Morgan fingerprint density at radius 3 is 2.64 bits per heavy atom. The van der Waals surface area contributed by atoms with Gasteiger partial charge in [0.05, 0.1) is 7.11 Å². The lowest BCUT2D eigenvalue weighted by atomic mass is 9.98. The summed E-state index contributed by atoms with van der Waals surface area (Å²) in [5, 5.41) is 3.31. The average Bonchev–Trinajstić information content (AvgIpc) is 3.00. The molecule has 0 radical (unpaired) electrons. The van der Waals surface area contributed by atoms with E-state index in [1.165, 1.54) is 11.1 Å². The molecule has 1 aromatic carbocycles. The Labute approximate surface area is 85.3 Å². The van der Waals surface area contributed by atoms with Crippen LogP contribution in [-0.2, 0) is 0 Å². The van der Waals surface area contributed by atoms with E-state index >= 15 is 0 Å². The lowest BCUT2D eigenvalue weighted by Gasteiger charge is -2.12. The molecular formula is C12H17NO. The number of hydrogen-bond donors (Lipinski definition) is 1. The predicted octanol–water partition coefficient (Wildman–Crippen LogP) is 2.46. The van der Waals surface area contributed by atoms with Crippen LogP contribution in [-0.4, -0.2) is 13.7 Å². The highest BCUT2D eigenvalue weighted by Crippen LogP contribution is 2.31. The van der Waals surface area contributed by atoms with Crippen LogP contribution in [0, 0.1) is 0 Å². The second-order valence-electron chi connectivity index (χ2n) is 4.12. The molecule has 1 N–H and O–H groups in total. The quantitative estimate of drug-likeness (QED) is 0.744. The van der Waals surface area contributed by atoms with Gasteiger partial charge in [-0.3, -0.25) is 0 Å². The van der Waals surface area contributed by atoms with E-state index in [1.807, 2.05) is 0 Å². The van der Waals surface area contributed by atoms with Crippen molar-refractivity contribution in [2.45, 2.75) is 25.8 Å². The van der Waals surface area contributed by atoms with E-state index in [4.69, 9.17) is 4.74 Å². The van der Waals surface area contributed by atoms with Crippen molar-refractivity contribution in [1.82, 2.24) is 5.32 Å². The highest BCUT2D eigenvalue weighted by molar-refractivity contribution is 5.41. The van der Waals surface area contributed by atoms with Gasteiger partial charge in [0.25, 0.3) is 0 Å². The van der Waals surface area contributed by atoms with Gasteiger partial charge >= 0.3 is 0 Å². The average molecular weight is 191 g/mol. The van der Waals surface area contributed by atoms with Crippen LogP contribution in [0.4, 0.5) is 0 Å². The van der Waals surface area contributed by atoms with E-state index in [1.54, 1.807) is 7.11 Å². The molecule has 0 saturated carbocycles. The van der Waals surface area contributed by atoms with Crippen LogP contribution in [0.2, 0.25) is 0 Å². The van der Waals surface area contributed by atoms with Gasteiger partial charge in [-0.05, 0) is 23.1 Å². The van der Waals surface area contributed by atoms with Crippen LogP contribution in [0.5, 0.6) is 5.75 Å². The fraction of sp³-hybridized carbons (Fsp3) is 0.500. The van der Waals surface area contributed by atoms with E-state index < -0.39 is 0 Å². The fourth-order valence-electron chi connectivity index (χ4n) is 1.72. The first-order valence-electron chi connectivity index (χ1n) is 5.13. The van der Waals surface area contributed by atoms with Crippen LogP contribution in [0.15, 0.2) is 18.2 Å². The third-order valence-electron chi connectivity index (χ3n) is 2.69. The molecule has 0 aromatic heterocycles. The van der Waals surface area contributed by atoms with E-state index in [2.05, 4.69) is 37.4 Å². The largest absolute Gasteiger partial charge is 0.496 e. The van der Waals surface area contributed by atoms with Gasteiger partial charge in [-0.25, -0.2) is 0 Å². The van der Waals surface area contributed by atoms with Gasteiger partial charge in [-0.15, -0.1) is 0 Å². The van der Waals surface area contributed by atoms with Crippen molar-refractivity contribution >= 4 is 0 Å². The lowest BCUT2D eigenvalue weighted by Crippen LogP contribution is -1.96. The maximum Gasteiger partial charge on any atom is 0.122 e. The molecule has 0 bridgehead atoms. The Morgan fingerprint density at radius 1 is 1.43 bits per heavy atom. The molecular weight excluding hydrogens is 174 g/mol. The van der Waals surface area contributed by atoms with Crippen molar-refractivity contribution < 1.29 is 4.74 Å². The molecule has 1 aliphatic heterocycles. The maximum absolute atomic E-state index is 5.34. The molecule has 2 nitrogen and oxygen atoms in total. The summed E-state index contributed by atoms with van der Waals surface area (Å²) >= 11 is 0. The first-order valence-corrected chi connectivity index (χ1v) is 5.13. The SMILES string of the molecule is COc1ccc(C2CN2)cc1C(C)C. The zero-order chi connectivity index (χ0) is 10.1. The fourth-order valence-corrected chi connectivity index (χ4v) is 1.72. The highest BCUT2D eigenvalue weighted by Gasteiger charge is 2.23. The minimum absolute atomic E-state index is 0.517. The third kappa shape index (κ3) is 1.75. The van der Waals surface area contributed by atoms with E-state index in [0.717, 1.165) is 12.3 Å². The molecule has 0 aliphatic carbocycles. The first-order chi connectivity index (χ1) is 6.72. The Balaban J connectivity index is 2.35. The highest BCUT2D eigenvalue weighted by atomic mass is 16.5. The second-order valence-corrected chi connectivity index (χ2v) is 4.12. The lowest BCUT2D eigenvalue weighted by molar-refractivity contribution is 0.407. The topological polar surface area (TPSA) is 31.2 Å². The van der Waals surface area contributed by atoms with Crippen LogP contribution < -0.4 is 10.1 Å². The summed E-state index contributed by atoms with van der Waals surface area (Å²) in [7, 11) is 1.73. The Bertz CT molecular complexity index is 329. The predicted molar refractivity (Wildman–Crippen MR) is 57.8 cm³/mol. The molecule has 2 heteroatoms. The standard InChI is InChI=1S/C12H17NO/c1-8(2)10-6-9(11-7-13-11)4-5-12(10)14-3/h4-6,8,11,13H,7H2,1-3H3. The van der Waals surface area contributed by atoms with Crippen molar-refractivity contribution in [3.8, 4) is 5.75 Å². The smallest absolute Gasteiger partial charge is 0.122 e. The summed E-state index contributed by atoms with van der Waals surface area (Å²) in [5.74, 6) is 1.52. The molecule has 76 valence electrons. The van der Waals surface area contributed by atoms with Gasteiger partial charge in [0.15, 0.2) is 0 Å². The van der Waals surface area contributed by atoms with Gasteiger partial charge in [0.1, 0.15) is 5.75 Å². The minimum atomic E-state index is 0.517. The molecule has 1 atom stereocenters. The summed E-state index contributed by atoms with van der Waals surface area (Å²) in [6.07, 6.45) is 0. The van der Waals surface area contributed by atoms with Crippen LogP contribution in [0.25, 0.3) is 0 Å². The van der Waals surface area contributed by atoms with Gasteiger partial charge in [-0.2, -0.15) is 0 Å². The molecule has 14 heavy (non-hydrogen) atoms.